The molecule has 0 atom stereocenters. The Morgan fingerprint density at radius 3 is 2.69 bits per heavy atom. The third-order valence-electron chi connectivity index (χ3n) is 2.08. The van der Waals surface area contributed by atoms with E-state index in [1.807, 2.05) is 0 Å². The average molecular weight is 240 g/mol. The van der Waals surface area contributed by atoms with Crippen molar-refractivity contribution in [2.24, 2.45) is 5.16 Å². The molecule has 16 heavy (non-hydrogen) atoms. The summed E-state index contributed by atoms with van der Waals surface area (Å²) in [5, 5.41) is 3.52. The highest BCUT2D eigenvalue weighted by atomic mass is 35.5. The maximum Gasteiger partial charge on any atom is 0.367 e. The molecule has 3 nitrogen and oxygen atoms in total. The van der Waals surface area contributed by atoms with Gasteiger partial charge < -0.3 is 4.84 Å². The molecule has 0 radical (unpaired) electrons. The van der Waals surface area contributed by atoms with Gasteiger partial charge in [0.15, 0.2) is 0 Å². The summed E-state index contributed by atoms with van der Waals surface area (Å²) >= 11 is 5.60. The highest BCUT2D eigenvalue weighted by molar-refractivity contribution is 6.38. The Kier molecular flexibility index (Phi) is 3.01. The fourth-order valence-corrected chi connectivity index (χ4v) is 1.47. The first-order valence-corrected chi connectivity index (χ1v) is 5.06. The molecule has 0 N–H and O–H groups in total. The Morgan fingerprint density at radius 1 is 1.38 bits per heavy atom. The number of nitrogens with zero attached hydrogens (tertiary/aromatic N) is 1. The predicted molar refractivity (Wildman–Crippen MR) is 58.6 cm³/mol. The summed E-state index contributed by atoms with van der Waals surface area (Å²) < 4.78 is 12.7. The van der Waals surface area contributed by atoms with Crippen LogP contribution in [0.3, 0.4) is 0 Å². The van der Waals surface area contributed by atoms with Gasteiger partial charge in [0.2, 0.25) is 0 Å². The van der Waals surface area contributed by atoms with E-state index in [1.165, 1.54) is 12.1 Å². The van der Waals surface area contributed by atoms with Crippen LogP contribution in [-0.2, 0) is 9.63 Å². The number of carbonyl (C=O) groups is 1. The van der Waals surface area contributed by atoms with Crippen molar-refractivity contribution < 1.29 is 14.0 Å². The van der Waals surface area contributed by atoms with E-state index in [0.717, 1.165) is 0 Å². The first-order valence-electron chi connectivity index (χ1n) is 4.52. The molecule has 0 aromatic heterocycles. The van der Waals surface area contributed by atoms with Gasteiger partial charge in [0.25, 0.3) is 0 Å². The second-order valence-corrected chi connectivity index (χ2v) is 3.43. The molecule has 1 aromatic rings. The van der Waals surface area contributed by atoms with Crippen LogP contribution < -0.4 is 0 Å². The average Bonchev–Trinajstić information content (AvgIpc) is 2.63. The van der Waals surface area contributed by atoms with E-state index in [2.05, 4.69) is 9.99 Å². The highest BCUT2D eigenvalue weighted by Crippen LogP contribution is 2.16. The minimum absolute atomic E-state index is 0.0960. The summed E-state index contributed by atoms with van der Waals surface area (Å²) in [5.41, 5.74) is 1.38. The van der Waals surface area contributed by atoms with Gasteiger partial charge in [-0.2, -0.15) is 0 Å². The molecule has 1 heterocycles. The van der Waals surface area contributed by atoms with Gasteiger partial charge in [0.1, 0.15) is 11.5 Å². The third-order valence-corrected chi connectivity index (χ3v) is 2.33. The number of benzene rings is 1. The lowest BCUT2D eigenvalue weighted by atomic mass is 10.1. The van der Waals surface area contributed by atoms with Crippen molar-refractivity contribution in [3.8, 4) is 0 Å². The molecule has 0 amide bonds. The van der Waals surface area contributed by atoms with E-state index < -0.39 is 5.97 Å². The molecule has 82 valence electrons. The molecule has 0 spiro atoms. The highest BCUT2D eigenvalue weighted by Gasteiger charge is 2.24. The van der Waals surface area contributed by atoms with Crippen molar-refractivity contribution in [1.82, 2.24) is 0 Å². The van der Waals surface area contributed by atoms with Gasteiger partial charge in [-0.15, -0.1) is 11.6 Å². The maximum atomic E-state index is 12.7. The number of hydrogen-bond donors (Lipinski definition) is 0. The second kappa shape index (κ2) is 4.45. The Balaban J connectivity index is 2.33. The van der Waals surface area contributed by atoms with Crippen LogP contribution in [0, 0.1) is 5.82 Å². The number of carbonyl (C=O) groups excluding carboxylic acids is 1. The van der Waals surface area contributed by atoms with Crippen molar-refractivity contribution in [1.29, 1.82) is 0 Å². The fraction of sp³-hybridized carbons (Fsp3) is 0.0909. The van der Waals surface area contributed by atoms with Crippen molar-refractivity contribution in [3.63, 3.8) is 0 Å². The zero-order chi connectivity index (χ0) is 11.5. The van der Waals surface area contributed by atoms with Crippen molar-refractivity contribution in [2.75, 3.05) is 5.88 Å². The van der Waals surface area contributed by atoms with E-state index >= 15 is 0 Å². The van der Waals surface area contributed by atoms with Crippen molar-refractivity contribution in [3.05, 3.63) is 41.2 Å². The molecule has 0 unspecified atom stereocenters. The summed E-state index contributed by atoms with van der Waals surface area (Å²) in [6.45, 7) is 0. The van der Waals surface area contributed by atoms with Crippen LogP contribution >= 0.6 is 11.6 Å². The first kappa shape index (κ1) is 10.8. The molecule has 0 fully saturated rings. The number of alkyl halides is 1. The van der Waals surface area contributed by atoms with Crippen LogP contribution in [0.5, 0.6) is 0 Å². The van der Waals surface area contributed by atoms with E-state index in [-0.39, 0.29) is 11.7 Å². The second-order valence-electron chi connectivity index (χ2n) is 3.16. The standard InChI is InChI=1S/C11H7ClFNO2/c12-6-10-9(11(15)16-14-10)5-7-1-3-8(13)4-2-7/h1-5H,6H2/b9-5+. The molecular formula is C11H7ClFNO2. The molecule has 2 rings (SSSR count). The Labute approximate surface area is 96.2 Å². The predicted octanol–water partition coefficient (Wildman–Crippen LogP) is 2.36. The lowest BCUT2D eigenvalue weighted by Gasteiger charge is -1.96. The SMILES string of the molecule is O=C1ON=C(CCl)/C1=C\c1ccc(F)cc1. The van der Waals surface area contributed by atoms with Gasteiger partial charge in [-0.05, 0) is 23.8 Å². The van der Waals surface area contributed by atoms with Gasteiger partial charge >= 0.3 is 5.97 Å². The monoisotopic (exact) mass is 239 g/mol. The number of oxime groups is 1. The van der Waals surface area contributed by atoms with E-state index in [4.69, 9.17) is 11.6 Å². The normalized spacial score (nSPS) is 17.5. The fourth-order valence-electron chi connectivity index (χ4n) is 1.28. The number of rotatable bonds is 2. The van der Waals surface area contributed by atoms with E-state index in [9.17, 15) is 9.18 Å². The summed E-state index contributed by atoms with van der Waals surface area (Å²) in [6.07, 6.45) is 1.57. The molecular weight excluding hydrogens is 233 g/mol. The molecule has 0 bridgehead atoms. The van der Waals surface area contributed by atoms with E-state index in [1.54, 1.807) is 18.2 Å². The van der Waals surface area contributed by atoms with Gasteiger partial charge in [-0.1, -0.05) is 17.3 Å². The zero-order valence-electron chi connectivity index (χ0n) is 8.11. The number of halogens is 2. The van der Waals surface area contributed by atoms with Crippen LogP contribution in [0.4, 0.5) is 4.39 Å². The summed E-state index contributed by atoms with van der Waals surface area (Å²) in [6, 6.07) is 5.73. The molecule has 1 aliphatic heterocycles. The molecule has 0 saturated heterocycles. The summed E-state index contributed by atoms with van der Waals surface area (Å²) in [5.74, 6) is -0.777. The molecule has 0 aliphatic carbocycles. The Bertz CT molecular complexity index is 479. The molecule has 0 saturated carbocycles. The van der Waals surface area contributed by atoms with Crippen LogP contribution in [0.15, 0.2) is 35.0 Å². The van der Waals surface area contributed by atoms with Gasteiger partial charge in [-0.3, -0.25) is 0 Å². The lowest BCUT2D eigenvalue weighted by Crippen LogP contribution is -2.06. The smallest absolute Gasteiger partial charge is 0.312 e. The quantitative estimate of drug-likeness (QED) is 0.451. The van der Waals surface area contributed by atoms with Gasteiger partial charge in [-0.25, -0.2) is 9.18 Å². The van der Waals surface area contributed by atoms with Crippen LogP contribution in [0.25, 0.3) is 6.08 Å². The Hall–Kier alpha value is -1.68. The molecule has 1 aromatic carbocycles. The minimum Gasteiger partial charge on any atom is -0.312 e. The first-order chi connectivity index (χ1) is 7.70. The lowest BCUT2D eigenvalue weighted by molar-refractivity contribution is -0.136. The summed E-state index contributed by atoms with van der Waals surface area (Å²) in [4.78, 5) is 15.8. The van der Waals surface area contributed by atoms with Gasteiger partial charge in [0.05, 0.1) is 11.5 Å². The Morgan fingerprint density at radius 2 is 2.06 bits per heavy atom. The molecule has 1 aliphatic rings. The zero-order valence-corrected chi connectivity index (χ0v) is 8.87. The summed E-state index contributed by atoms with van der Waals surface area (Å²) in [7, 11) is 0. The third kappa shape index (κ3) is 2.12. The van der Waals surface area contributed by atoms with Crippen LogP contribution in [-0.4, -0.2) is 17.6 Å². The van der Waals surface area contributed by atoms with Crippen LogP contribution in [0.2, 0.25) is 0 Å². The maximum absolute atomic E-state index is 12.7. The van der Waals surface area contributed by atoms with Crippen molar-refractivity contribution >= 4 is 29.4 Å². The minimum atomic E-state index is -0.542. The van der Waals surface area contributed by atoms with Crippen molar-refractivity contribution in [2.45, 2.75) is 0 Å². The van der Waals surface area contributed by atoms with Crippen LogP contribution in [0.1, 0.15) is 5.56 Å². The van der Waals surface area contributed by atoms with E-state index in [0.29, 0.717) is 16.8 Å². The largest absolute Gasteiger partial charge is 0.367 e. The van der Waals surface area contributed by atoms with Gasteiger partial charge in [0, 0.05) is 0 Å². The number of hydrogen-bond acceptors (Lipinski definition) is 3. The topological polar surface area (TPSA) is 38.7 Å². The molecule has 5 heteroatoms.